The minimum absolute atomic E-state index is 0.372. The predicted octanol–water partition coefficient (Wildman–Crippen LogP) is 6.30. The summed E-state index contributed by atoms with van der Waals surface area (Å²) >= 11 is 6.16. The Morgan fingerprint density at radius 3 is 2.79 bits per heavy atom. The molecule has 2 aromatic carbocycles. The van der Waals surface area contributed by atoms with Crippen molar-refractivity contribution in [3.63, 3.8) is 0 Å². The molecule has 28 heavy (non-hydrogen) atoms. The van der Waals surface area contributed by atoms with E-state index in [1.807, 2.05) is 12.1 Å². The van der Waals surface area contributed by atoms with Crippen LogP contribution in [-0.4, -0.2) is 23.1 Å². The molecule has 4 heteroatoms. The lowest BCUT2D eigenvalue weighted by atomic mass is 9.73. The fourth-order valence-corrected chi connectivity index (χ4v) is 4.80. The highest BCUT2D eigenvalue weighted by atomic mass is 35.5. The zero-order valence-corrected chi connectivity index (χ0v) is 17.3. The first-order valence-corrected chi connectivity index (χ1v) is 10.8. The molecule has 0 spiro atoms. The van der Waals surface area contributed by atoms with Crippen LogP contribution in [0.15, 0.2) is 54.9 Å². The van der Waals surface area contributed by atoms with Gasteiger partial charge in [-0.1, -0.05) is 48.9 Å². The first-order valence-electron chi connectivity index (χ1n) is 10.4. The van der Waals surface area contributed by atoms with Crippen LogP contribution in [-0.2, 0) is 6.42 Å². The molecule has 4 rings (SSSR count). The van der Waals surface area contributed by atoms with Crippen molar-refractivity contribution >= 4 is 28.3 Å². The highest BCUT2D eigenvalue weighted by molar-refractivity contribution is 6.31. The van der Waals surface area contributed by atoms with E-state index in [1.165, 1.54) is 37.7 Å². The molecule has 1 unspecified atom stereocenters. The smallest absolute Gasteiger partial charge is 0.139 e. The normalized spacial score (nSPS) is 19.9. The van der Waals surface area contributed by atoms with E-state index >= 15 is 0 Å². The molecule has 3 nitrogen and oxygen atoms in total. The number of anilines is 1. The summed E-state index contributed by atoms with van der Waals surface area (Å²) in [6.07, 6.45) is 9.09. The summed E-state index contributed by atoms with van der Waals surface area (Å²) in [7, 11) is 0. The maximum atomic E-state index is 6.16. The average Bonchev–Trinajstić information content (AvgIpc) is 2.74. The van der Waals surface area contributed by atoms with Crippen LogP contribution < -0.4 is 4.90 Å². The Morgan fingerprint density at radius 2 is 1.96 bits per heavy atom. The molecule has 0 amide bonds. The molecule has 1 aliphatic heterocycles. The molecule has 1 atom stereocenters. The largest absolute Gasteiger partial charge is 0.355 e. The van der Waals surface area contributed by atoms with E-state index in [-0.39, 0.29) is 0 Å². The molecular weight excluding hydrogens is 366 g/mol. The van der Waals surface area contributed by atoms with Gasteiger partial charge in [-0.05, 0) is 67.7 Å². The molecule has 0 aliphatic carbocycles. The highest BCUT2D eigenvalue weighted by Crippen LogP contribution is 2.40. The van der Waals surface area contributed by atoms with Crippen molar-refractivity contribution in [2.75, 3.05) is 18.0 Å². The van der Waals surface area contributed by atoms with E-state index in [1.54, 1.807) is 6.33 Å². The van der Waals surface area contributed by atoms with E-state index in [0.717, 1.165) is 41.3 Å². The third-order valence-corrected chi connectivity index (χ3v) is 6.54. The number of nitrogens with zero attached hydrogens (tertiary/aromatic N) is 3. The SMILES string of the molecule is CCC1(CCCc2ccccc2)CCCN(c2ncnc3cc(Cl)ccc23)C1. The Morgan fingerprint density at radius 1 is 1.11 bits per heavy atom. The number of aromatic nitrogens is 2. The lowest BCUT2D eigenvalue weighted by Gasteiger charge is -2.43. The van der Waals surface area contributed by atoms with E-state index in [9.17, 15) is 0 Å². The van der Waals surface area contributed by atoms with E-state index in [2.05, 4.69) is 58.2 Å². The van der Waals surface area contributed by atoms with Gasteiger partial charge < -0.3 is 4.90 Å². The Kier molecular flexibility index (Phi) is 5.82. The van der Waals surface area contributed by atoms with Gasteiger partial charge in [0.25, 0.3) is 0 Å². The van der Waals surface area contributed by atoms with Gasteiger partial charge in [-0.25, -0.2) is 9.97 Å². The summed E-state index contributed by atoms with van der Waals surface area (Å²) in [4.78, 5) is 11.6. The first-order chi connectivity index (χ1) is 13.7. The Bertz CT molecular complexity index is 928. The van der Waals surface area contributed by atoms with Crippen LogP contribution in [0.2, 0.25) is 5.02 Å². The van der Waals surface area contributed by atoms with Gasteiger partial charge in [-0.2, -0.15) is 0 Å². The van der Waals surface area contributed by atoms with Crippen molar-refractivity contribution in [3.05, 3.63) is 65.4 Å². The fraction of sp³-hybridized carbons (Fsp3) is 0.417. The van der Waals surface area contributed by atoms with E-state index < -0.39 is 0 Å². The van der Waals surface area contributed by atoms with Crippen molar-refractivity contribution in [1.82, 2.24) is 9.97 Å². The molecule has 3 aromatic rings. The topological polar surface area (TPSA) is 29.0 Å². The quantitative estimate of drug-likeness (QED) is 0.491. The molecule has 0 bridgehead atoms. The number of fused-ring (bicyclic) bond motifs is 1. The van der Waals surface area contributed by atoms with Gasteiger partial charge >= 0.3 is 0 Å². The van der Waals surface area contributed by atoms with Crippen LogP contribution in [0, 0.1) is 5.41 Å². The molecule has 0 saturated carbocycles. The molecule has 1 aromatic heterocycles. The zero-order chi connectivity index (χ0) is 19.4. The van der Waals surface area contributed by atoms with Crippen molar-refractivity contribution in [3.8, 4) is 0 Å². The van der Waals surface area contributed by atoms with Gasteiger partial charge in [0.15, 0.2) is 0 Å². The van der Waals surface area contributed by atoms with E-state index in [4.69, 9.17) is 11.6 Å². The van der Waals surface area contributed by atoms with Crippen molar-refractivity contribution in [1.29, 1.82) is 0 Å². The lowest BCUT2D eigenvalue weighted by molar-refractivity contribution is 0.198. The monoisotopic (exact) mass is 393 g/mol. The third-order valence-electron chi connectivity index (χ3n) is 6.30. The highest BCUT2D eigenvalue weighted by Gasteiger charge is 2.34. The van der Waals surface area contributed by atoms with Gasteiger partial charge in [-0.3, -0.25) is 0 Å². The number of benzene rings is 2. The van der Waals surface area contributed by atoms with Gasteiger partial charge in [0.05, 0.1) is 5.52 Å². The van der Waals surface area contributed by atoms with Crippen LogP contribution in [0.4, 0.5) is 5.82 Å². The van der Waals surface area contributed by atoms with Gasteiger partial charge in [0, 0.05) is 23.5 Å². The first kappa shape index (κ1) is 19.2. The Labute approximate surface area is 172 Å². The molecule has 1 aliphatic rings. The molecule has 0 radical (unpaired) electrons. The summed E-state index contributed by atoms with van der Waals surface area (Å²) in [5, 5.41) is 1.82. The number of hydrogen-bond acceptors (Lipinski definition) is 3. The molecule has 2 heterocycles. The standard InChI is InChI=1S/C24H28ClN3/c1-2-24(13-6-10-19-8-4-3-5-9-19)14-7-15-28(17-24)23-21-12-11-20(25)16-22(21)26-18-27-23/h3-5,8-9,11-12,16,18H,2,6-7,10,13-15,17H2,1H3. The fourth-order valence-electron chi connectivity index (χ4n) is 4.64. The van der Waals surface area contributed by atoms with Crippen molar-refractivity contribution < 1.29 is 0 Å². The molecule has 1 fully saturated rings. The maximum Gasteiger partial charge on any atom is 0.139 e. The van der Waals surface area contributed by atoms with Crippen molar-refractivity contribution in [2.45, 2.75) is 45.4 Å². The number of rotatable bonds is 6. The summed E-state index contributed by atoms with van der Waals surface area (Å²) in [5.74, 6) is 1.06. The van der Waals surface area contributed by atoms with Gasteiger partial charge in [0.2, 0.25) is 0 Å². The van der Waals surface area contributed by atoms with Gasteiger partial charge in [0.1, 0.15) is 12.1 Å². The summed E-state index contributed by atoms with van der Waals surface area (Å²) in [6, 6.07) is 16.8. The van der Waals surface area contributed by atoms with E-state index in [0.29, 0.717) is 5.41 Å². The van der Waals surface area contributed by atoms with Crippen LogP contribution in [0.3, 0.4) is 0 Å². The summed E-state index contributed by atoms with van der Waals surface area (Å²) in [6.45, 7) is 4.49. The second-order valence-electron chi connectivity index (χ2n) is 8.08. The molecule has 0 N–H and O–H groups in total. The number of aryl methyl sites for hydroxylation is 1. The maximum absolute atomic E-state index is 6.16. The summed E-state index contributed by atoms with van der Waals surface area (Å²) in [5.41, 5.74) is 2.74. The van der Waals surface area contributed by atoms with Crippen LogP contribution in [0.5, 0.6) is 0 Å². The van der Waals surface area contributed by atoms with Gasteiger partial charge in [-0.15, -0.1) is 0 Å². The van der Waals surface area contributed by atoms with Crippen LogP contribution >= 0.6 is 11.6 Å². The zero-order valence-electron chi connectivity index (χ0n) is 16.6. The lowest BCUT2D eigenvalue weighted by Crippen LogP contribution is -2.43. The minimum Gasteiger partial charge on any atom is -0.355 e. The molecule has 146 valence electrons. The van der Waals surface area contributed by atoms with Crippen molar-refractivity contribution in [2.24, 2.45) is 5.41 Å². The number of halogens is 1. The van der Waals surface area contributed by atoms with Crippen LogP contribution in [0.25, 0.3) is 10.9 Å². The number of piperidine rings is 1. The average molecular weight is 394 g/mol. The van der Waals surface area contributed by atoms with Crippen LogP contribution in [0.1, 0.15) is 44.6 Å². The molecular formula is C24H28ClN3. The summed E-state index contributed by atoms with van der Waals surface area (Å²) < 4.78 is 0. The molecule has 1 saturated heterocycles. The Balaban J connectivity index is 1.51. The minimum atomic E-state index is 0.372. The Hall–Kier alpha value is -2.13. The number of hydrogen-bond donors (Lipinski definition) is 0. The predicted molar refractivity (Wildman–Crippen MR) is 118 cm³/mol. The second-order valence-corrected chi connectivity index (χ2v) is 8.51. The second kappa shape index (κ2) is 8.48. The third kappa shape index (κ3) is 4.15.